The van der Waals surface area contributed by atoms with Crippen molar-refractivity contribution in [2.75, 3.05) is 27.3 Å². The number of hydrogen-bond donors (Lipinski definition) is 1. The van der Waals surface area contributed by atoms with E-state index in [2.05, 4.69) is 9.88 Å². The van der Waals surface area contributed by atoms with Crippen LogP contribution in [0.15, 0.2) is 24.4 Å². The molecule has 0 aliphatic carbocycles. The molecule has 1 aromatic rings. The number of rotatable bonds is 5. The van der Waals surface area contributed by atoms with E-state index in [0.29, 0.717) is 0 Å². The molecule has 5 nitrogen and oxygen atoms in total. The molecule has 2 rings (SSSR count). The van der Waals surface area contributed by atoms with Crippen LogP contribution < -0.4 is 5.73 Å². The van der Waals surface area contributed by atoms with E-state index in [4.69, 9.17) is 15.2 Å². The summed E-state index contributed by atoms with van der Waals surface area (Å²) in [6, 6.07) is 6.04. The summed E-state index contributed by atoms with van der Waals surface area (Å²) in [5, 5.41) is 0. The molecular formula is C14H23N3O2. The first-order chi connectivity index (χ1) is 9.17. The Morgan fingerprint density at radius 2 is 1.89 bits per heavy atom. The average Bonchev–Trinajstić information content (AvgIpc) is 2.82. The zero-order valence-corrected chi connectivity index (χ0v) is 11.8. The number of ether oxygens (including phenoxy) is 2. The standard InChI is InChI=1S/C14H23N3O2/c1-10(15)14(11-6-4-5-7-16-11)17-8-12(18-2)13(9-17)19-3/h4-7,10,12-14H,8-9,15H2,1-3H3. The Labute approximate surface area is 114 Å². The first-order valence-corrected chi connectivity index (χ1v) is 6.63. The number of pyridine rings is 1. The summed E-state index contributed by atoms with van der Waals surface area (Å²) < 4.78 is 11.0. The quantitative estimate of drug-likeness (QED) is 0.854. The van der Waals surface area contributed by atoms with Crippen molar-refractivity contribution < 1.29 is 9.47 Å². The van der Waals surface area contributed by atoms with Crippen LogP contribution in [0.2, 0.25) is 0 Å². The number of nitrogens with two attached hydrogens (primary N) is 1. The molecular weight excluding hydrogens is 242 g/mol. The van der Waals surface area contributed by atoms with Gasteiger partial charge in [-0.3, -0.25) is 9.88 Å². The van der Waals surface area contributed by atoms with E-state index >= 15 is 0 Å². The largest absolute Gasteiger partial charge is 0.377 e. The molecule has 2 heterocycles. The van der Waals surface area contributed by atoms with Crippen LogP contribution in [0.25, 0.3) is 0 Å². The lowest BCUT2D eigenvalue weighted by molar-refractivity contribution is -0.00461. The Hall–Kier alpha value is -1.01. The first-order valence-electron chi connectivity index (χ1n) is 6.63. The van der Waals surface area contributed by atoms with Gasteiger partial charge in [0.15, 0.2) is 0 Å². The van der Waals surface area contributed by atoms with Crippen molar-refractivity contribution in [3.63, 3.8) is 0 Å². The van der Waals surface area contributed by atoms with E-state index in [1.54, 1.807) is 14.2 Å². The monoisotopic (exact) mass is 265 g/mol. The predicted molar refractivity (Wildman–Crippen MR) is 73.8 cm³/mol. The highest BCUT2D eigenvalue weighted by Gasteiger charge is 2.38. The van der Waals surface area contributed by atoms with Gasteiger partial charge in [-0.25, -0.2) is 0 Å². The molecule has 106 valence electrons. The summed E-state index contributed by atoms with van der Waals surface area (Å²) in [4.78, 5) is 6.74. The summed E-state index contributed by atoms with van der Waals surface area (Å²) in [5.41, 5.74) is 7.16. The molecule has 1 fully saturated rings. The van der Waals surface area contributed by atoms with Crippen molar-refractivity contribution in [2.24, 2.45) is 5.73 Å². The third-order valence-electron chi connectivity index (χ3n) is 3.73. The Balaban J connectivity index is 2.18. The van der Waals surface area contributed by atoms with E-state index < -0.39 is 0 Å². The number of likely N-dealkylation sites (tertiary alicyclic amines) is 1. The van der Waals surface area contributed by atoms with Gasteiger partial charge in [0, 0.05) is 39.5 Å². The van der Waals surface area contributed by atoms with Gasteiger partial charge in [-0.05, 0) is 19.1 Å². The van der Waals surface area contributed by atoms with Gasteiger partial charge in [0.2, 0.25) is 0 Å². The topological polar surface area (TPSA) is 60.6 Å². The Kier molecular flexibility index (Phi) is 4.87. The van der Waals surface area contributed by atoms with Crippen molar-refractivity contribution in [1.82, 2.24) is 9.88 Å². The second-order valence-corrected chi connectivity index (χ2v) is 5.06. The van der Waals surface area contributed by atoms with Gasteiger partial charge in [0.25, 0.3) is 0 Å². The maximum atomic E-state index is 6.16. The third kappa shape index (κ3) is 3.12. The van der Waals surface area contributed by atoms with Gasteiger partial charge >= 0.3 is 0 Å². The normalized spacial score (nSPS) is 27.4. The molecule has 4 atom stereocenters. The lowest BCUT2D eigenvalue weighted by atomic mass is 10.0. The van der Waals surface area contributed by atoms with E-state index in [-0.39, 0.29) is 24.3 Å². The zero-order valence-electron chi connectivity index (χ0n) is 11.8. The van der Waals surface area contributed by atoms with Crippen molar-refractivity contribution in [1.29, 1.82) is 0 Å². The number of hydrogen-bond acceptors (Lipinski definition) is 5. The van der Waals surface area contributed by atoms with Crippen molar-refractivity contribution in [2.45, 2.75) is 31.2 Å². The van der Waals surface area contributed by atoms with Crippen LogP contribution in [0, 0.1) is 0 Å². The van der Waals surface area contributed by atoms with Gasteiger partial charge in [0.05, 0.1) is 23.9 Å². The summed E-state index contributed by atoms with van der Waals surface area (Å²) in [6.07, 6.45) is 1.99. The molecule has 0 bridgehead atoms. The van der Waals surface area contributed by atoms with Gasteiger partial charge < -0.3 is 15.2 Å². The second-order valence-electron chi connectivity index (χ2n) is 5.06. The molecule has 2 N–H and O–H groups in total. The van der Waals surface area contributed by atoms with Gasteiger partial charge in [-0.15, -0.1) is 0 Å². The van der Waals surface area contributed by atoms with Gasteiger partial charge in [0.1, 0.15) is 0 Å². The van der Waals surface area contributed by atoms with Crippen LogP contribution in [0.3, 0.4) is 0 Å². The fourth-order valence-electron chi connectivity index (χ4n) is 2.79. The summed E-state index contributed by atoms with van der Waals surface area (Å²) in [7, 11) is 3.45. The molecule has 1 aliphatic rings. The van der Waals surface area contributed by atoms with Crippen LogP contribution >= 0.6 is 0 Å². The Morgan fingerprint density at radius 1 is 1.26 bits per heavy atom. The SMILES string of the molecule is COC1CN(C(c2ccccn2)C(C)N)CC1OC. The molecule has 1 aromatic heterocycles. The van der Waals surface area contributed by atoms with Crippen LogP contribution in [-0.4, -0.2) is 55.4 Å². The highest BCUT2D eigenvalue weighted by Crippen LogP contribution is 2.28. The van der Waals surface area contributed by atoms with Crippen LogP contribution in [0.4, 0.5) is 0 Å². The molecule has 1 saturated heterocycles. The summed E-state index contributed by atoms with van der Waals surface area (Å²) in [6.45, 7) is 3.65. The second kappa shape index (κ2) is 6.43. The van der Waals surface area contributed by atoms with E-state index in [9.17, 15) is 0 Å². The maximum Gasteiger partial charge on any atom is 0.0972 e. The lowest BCUT2D eigenvalue weighted by Gasteiger charge is -2.30. The van der Waals surface area contributed by atoms with Crippen LogP contribution in [0.5, 0.6) is 0 Å². The fraction of sp³-hybridized carbons (Fsp3) is 0.643. The summed E-state index contributed by atoms with van der Waals surface area (Å²) in [5.74, 6) is 0. The molecule has 4 unspecified atom stereocenters. The average molecular weight is 265 g/mol. The van der Waals surface area contributed by atoms with Gasteiger partial charge in [-0.2, -0.15) is 0 Å². The molecule has 0 saturated carbocycles. The maximum absolute atomic E-state index is 6.16. The van der Waals surface area contributed by atoms with Crippen LogP contribution in [-0.2, 0) is 9.47 Å². The van der Waals surface area contributed by atoms with Crippen molar-refractivity contribution >= 4 is 0 Å². The van der Waals surface area contributed by atoms with E-state index in [1.165, 1.54) is 0 Å². The minimum Gasteiger partial charge on any atom is -0.377 e. The predicted octanol–water partition coefficient (Wildman–Crippen LogP) is 0.816. The highest BCUT2D eigenvalue weighted by atomic mass is 16.5. The zero-order chi connectivity index (χ0) is 13.8. The minimum absolute atomic E-state index is 0.00279. The van der Waals surface area contributed by atoms with E-state index in [1.807, 2.05) is 31.3 Å². The molecule has 0 radical (unpaired) electrons. The van der Waals surface area contributed by atoms with Crippen molar-refractivity contribution in [3.05, 3.63) is 30.1 Å². The summed E-state index contributed by atoms with van der Waals surface area (Å²) >= 11 is 0. The third-order valence-corrected chi connectivity index (χ3v) is 3.73. The highest BCUT2D eigenvalue weighted by molar-refractivity contribution is 5.12. The molecule has 19 heavy (non-hydrogen) atoms. The Bertz CT molecular complexity index is 374. The molecule has 5 heteroatoms. The number of methoxy groups -OCH3 is 2. The number of nitrogens with zero attached hydrogens (tertiary/aromatic N) is 2. The van der Waals surface area contributed by atoms with Crippen molar-refractivity contribution in [3.8, 4) is 0 Å². The van der Waals surface area contributed by atoms with Crippen LogP contribution in [0.1, 0.15) is 18.7 Å². The fourth-order valence-corrected chi connectivity index (χ4v) is 2.79. The first kappa shape index (κ1) is 14.4. The number of aromatic nitrogens is 1. The molecule has 0 spiro atoms. The molecule has 1 aliphatic heterocycles. The minimum atomic E-state index is 0.00279. The Morgan fingerprint density at radius 3 is 2.32 bits per heavy atom. The lowest BCUT2D eigenvalue weighted by Crippen LogP contribution is -2.39. The molecule has 0 aromatic carbocycles. The smallest absolute Gasteiger partial charge is 0.0972 e. The van der Waals surface area contributed by atoms with Gasteiger partial charge in [-0.1, -0.05) is 6.07 Å². The van der Waals surface area contributed by atoms with E-state index in [0.717, 1.165) is 18.8 Å². The molecule has 0 amide bonds.